The van der Waals surface area contributed by atoms with Crippen LogP contribution in [-0.4, -0.2) is 24.5 Å². The number of fused-ring (bicyclic) bond motifs is 2. The second kappa shape index (κ2) is 6.08. The molecule has 0 unspecified atom stereocenters. The van der Waals surface area contributed by atoms with Gasteiger partial charge in [-0.1, -0.05) is 36.4 Å². The fourth-order valence-electron chi connectivity index (χ4n) is 3.01. The maximum absolute atomic E-state index is 12.4. The summed E-state index contributed by atoms with van der Waals surface area (Å²) in [4.78, 5) is 23.1. The summed E-state index contributed by atoms with van der Waals surface area (Å²) in [5.41, 5.74) is 1.23. The molecule has 2 aromatic rings. The van der Waals surface area contributed by atoms with E-state index in [-0.39, 0.29) is 6.54 Å². The first-order valence-electron chi connectivity index (χ1n) is 7.17. The van der Waals surface area contributed by atoms with E-state index in [1.54, 1.807) is 48.5 Å². The minimum atomic E-state index is -0.787. The van der Waals surface area contributed by atoms with Gasteiger partial charge in [-0.15, -0.1) is 0 Å². The summed E-state index contributed by atoms with van der Waals surface area (Å²) in [6, 6.07) is 14.1. The molecule has 0 radical (unpaired) electrons. The molecule has 118 valence electrons. The predicted molar refractivity (Wildman–Crippen MR) is 82.3 cm³/mol. The van der Waals surface area contributed by atoms with Gasteiger partial charge in [0.1, 0.15) is 11.5 Å². The zero-order valence-electron chi connectivity index (χ0n) is 12.5. The minimum Gasteiger partial charge on any atom is -0.469 e. The van der Waals surface area contributed by atoms with E-state index in [4.69, 9.17) is 9.47 Å². The molecule has 0 bridgehead atoms. The summed E-state index contributed by atoms with van der Waals surface area (Å²) in [5, 5.41) is 11.2. The van der Waals surface area contributed by atoms with Gasteiger partial charge in [-0.25, -0.2) is 0 Å². The molecule has 23 heavy (non-hydrogen) atoms. The number of hydrogen-bond donors (Lipinski definition) is 0. The van der Waals surface area contributed by atoms with Crippen LogP contribution in [0.15, 0.2) is 48.5 Å². The standard InChI is InChI=1S/C17H15NO5/c1-22-17(19)16-12-7-3-5-9-15(12)23-14-8-4-2-6-11(14)13(16)10-18(20)21/h2-9,13,16H,10H2,1H3/t13-,16-/m1/s1. The molecule has 2 atom stereocenters. The molecule has 0 saturated carbocycles. The maximum atomic E-state index is 12.4. The van der Waals surface area contributed by atoms with Crippen LogP contribution >= 0.6 is 0 Å². The van der Waals surface area contributed by atoms with E-state index in [1.807, 2.05) is 0 Å². The van der Waals surface area contributed by atoms with Crippen molar-refractivity contribution in [2.45, 2.75) is 11.8 Å². The molecular formula is C17H15NO5. The van der Waals surface area contributed by atoms with E-state index in [1.165, 1.54) is 7.11 Å². The highest BCUT2D eigenvalue weighted by molar-refractivity contribution is 5.81. The first kappa shape index (κ1) is 15.0. The Morgan fingerprint density at radius 3 is 2.30 bits per heavy atom. The summed E-state index contributed by atoms with van der Waals surface area (Å²) in [6.07, 6.45) is 0. The highest BCUT2D eigenvalue weighted by Gasteiger charge is 2.40. The quantitative estimate of drug-likeness (QED) is 0.494. The topological polar surface area (TPSA) is 78.7 Å². The average Bonchev–Trinajstić information content (AvgIpc) is 2.68. The van der Waals surface area contributed by atoms with Gasteiger partial charge in [0, 0.05) is 16.1 Å². The Balaban J connectivity index is 2.23. The van der Waals surface area contributed by atoms with Crippen molar-refractivity contribution in [1.82, 2.24) is 0 Å². The summed E-state index contributed by atoms with van der Waals surface area (Å²) < 4.78 is 10.8. The Labute approximate surface area is 132 Å². The highest BCUT2D eigenvalue weighted by atomic mass is 16.6. The molecule has 0 N–H and O–H groups in total. The van der Waals surface area contributed by atoms with Crippen molar-refractivity contribution < 1.29 is 19.2 Å². The maximum Gasteiger partial charge on any atom is 0.314 e. The molecule has 1 aliphatic rings. The second-order valence-corrected chi connectivity index (χ2v) is 5.30. The van der Waals surface area contributed by atoms with Crippen LogP contribution in [0.4, 0.5) is 0 Å². The van der Waals surface area contributed by atoms with Crippen LogP contribution in [0, 0.1) is 10.1 Å². The number of para-hydroxylation sites is 2. The fraction of sp³-hybridized carbons (Fsp3) is 0.235. The van der Waals surface area contributed by atoms with Crippen LogP contribution in [0.5, 0.6) is 11.5 Å². The van der Waals surface area contributed by atoms with Gasteiger partial charge >= 0.3 is 5.97 Å². The largest absolute Gasteiger partial charge is 0.469 e. The van der Waals surface area contributed by atoms with Gasteiger partial charge in [-0.3, -0.25) is 14.9 Å². The smallest absolute Gasteiger partial charge is 0.314 e. The Kier molecular flexibility index (Phi) is 3.97. The van der Waals surface area contributed by atoms with E-state index >= 15 is 0 Å². The minimum absolute atomic E-state index is 0.380. The number of carbonyl (C=O) groups excluding carboxylic acids is 1. The number of rotatable bonds is 3. The lowest BCUT2D eigenvalue weighted by Gasteiger charge is -2.21. The Bertz CT molecular complexity index is 758. The Morgan fingerprint density at radius 2 is 1.70 bits per heavy atom. The van der Waals surface area contributed by atoms with Crippen molar-refractivity contribution in [2.24, 2.45) is 0 Å². The number of benzene rings is 2. The van der Waals surface area contributed by atoms with E-state index < -0.39 is 22.7 Å². The molecule has 0 aliphatic carbocycles. The lowest BCUT2D eigenvalue weighted by atomic mass is 9.81. The Morgan fingerprint density at radius 1 is 1.13 bits per heavy atom. The van der Waals surface area contributed by atoms with Crippen LogP contribution in [0.3, 0.4) is 0 Å². The SMILES string of the molecule is COC(=O)[C@@H]1c2ccccc2Oc2ccccc2[C@H]1C[N+](=O)[O-]. The van der Waals surface area contributed by atoms with E-state index in [9.17, 15) is 14.9 Å². The fourth-order valence-corrected chi connectivity index (χ4v) is 3.01. The molecule has 0 aromatic heterocycles. The summed E-state index contributed by atoms with van der Waals surface area (Å²) in [5.74, 6) is -0.911. The van der Waals surface area contributed by atoms with Gasteiger partial charge < -0.3 is 9.47 Å². The third-order valence-electron chi connectivity index (χ3n) is 4.00. The number of methoxy groups -OCH3 is 1. The van der Waals surface area contributed by atoms with Crippen molar-refractivity contribution in [3.05, 3.63) is 69.8 Å². The number of ether oxygens (including phenoxy) is 2. The normalized spacial score (nSPS) is 18.8. The van der Waals surface area contributed by atoms with Crippen molar-refractivity contribution in [1.29, 1.82) is 0 Å². The summed E-state index contributed by atoms with van der Waals surface area (Å²) in [7, 11) is 1.28. The second-order valence-electron chi connectivity index (χ2n) is 5.30. The van der Waals surface area contributed by atoms with Crippen LogP contribution in [0.25, 0.3) is 0 Å². The molecule has 2 aromatic carbocycles. The third kappa shape index (κ3) is 2.75. The van der Waals surface area contributed by atoms with Gasteiger partial charge in [0.25, 0.3) is 0 Å². The number of nitrogens with zero attached hydrogens (tertiary/aromatic N) is 1. The first-order chi connectivity index (χ1) is 11.1. The van der Waals surface area contributed by atoms with Crippen molar-refractivity contribution in [3.8, 4) is 11.5 Å². The predicted octanol–water partition coefficient (Wildman–Crippen LogP) is 3.11. The molecule has 0 spiro atoms. The Hall–Kier alpha value is -2.89. The van der Waals surface area contributed by atoms with Gasteiger partial charge in [0.05, 0.1) is 18.9 Å². The zero-order valence-corrected chi connectivity index (χ0v) is 12.5. The average molecular weight is 313 g/mol. The van der Waals surface area contributed by atoms with E-state index in [2.05, 4.69) is 0 Å². The number of carbonyl (C=O) groups is 1. The lowest BCUT2D eigenvalue weighted by molar-refractivity contribution is -0.483. The molecular weight excluding hydrogens is 298 g/mol. The molecule has 0 amide bonds. The molecule has 1 aliphatic heterocycles. The highest BCUT2D eigenvalue weighted by Crippen LogP contribution is 2.46. The van der Waals surface area contributed by atoms with Crippen LogP contribution in [0.1, 0.15) is 23.0 Å². The third-order valence-corrected chi connectivity index (χ3v) is 4.00. The number of nitro groups is 1. The summed E-state index contributed by atoms with van der Waals surface area (Å²) in [6.45, 7) is -0.380. The van der Waals surface area contributed by atoms with Crippen molar-refractivity contribution in [3.63, 3.8) is 0 Å². The van der Waals surface area contributed by atoms with Crippen LogP contribution < -0.4 is 4.74 Å². The van der Waals surface area contributed by atoms with Gasteiger partial charge in [-0.2, -0.15) is 0 Å². The zero-order chi connectivity index (χ0) is 16.4. The van der Waals surface area contributed by atoms with Crippen molar-refractivity contribution >= 4 is 5.97 Å². The summed E-state index contributed by atoms with van der Waals surface area (Å²) >= 11 is 0. The lowest BCUT2D eigenvalue weighted by Crippen LogP contribution is -2.26. The van der Waals surface area contributed by atoms with Gasteiger partial charge in [-0.05, 0) is 12.1 Å². The molecule has 3 rings (SSSR count). The number of esters is 1. The van der Waals surface area contributed by atoms with Gasteiger partial charge in [0.15, 0.2) is 0 Å². The molecule has 6 heteroatoms. The van der Waals surface area contributed by atoms with Crippen LogP contribution in [0.2, 0.25) is 0 Å². The van der Waals surface area contributed by atoms with E-state index in [0.29, 0.717) is 22.6 Å². The molecule has 0 saturated heterocycles. The number of hydrogen-bond acceptors (Lipinski definition) is 5. The first-order valence-corrected chi connectivity index (χ1v) is 7.17. The molecule has 0 fully saturated rings. The van der Waals surface area contributed by atoms with Crippen molar-refractivity contribution in [2.75, 3.05) is 13.7 Å². The molecule has 6 nitrogen and oxygen atoms in total. The monoisotopic (exact) mass is 313 g/mol. The molecule has 1 heterocycles. The van der Waals surface area contributed by atoms with Crippen LogP contribution in [-0.2, 0) is 9.53 Å². The van der Waals surface area contributed by atoms with E-state index in [0.717, 1.165) is 0 Å². The van der Waals surface area contributed by atoms with Gasteiger partial charge in [0.2, 0.25) is 6.54 Å².